The molecule has 0 aromatic rings. The molecule has 0 aromatic heterocycles. The Balaban J connectivity index is 2.18. The molecule has 3 heteroatoms. The summed E-state index contributed by atoms with van der Waals surface area (Å²) >= 11 is 0. The van der Waals surface area contributed by atoms with Gasteiger partial charge in [0.15, 0.2) is 0 Å². The zero-order chi connectivity index (χ0) is 13.8. The van der Waals surface area contributed by atoms with Gasteiger partial charge in [-0.1, -0.05) is 20.8 Å². The topological polar surface area (TPSA) is 30.5 Å². The van der Waals surface area contributed by atoms with Crippen molar-refractivity contribution in [2.75, 3.05) is 19.8 Å². The Labute approximate surface area is 113 Å². The molecule has 1 rings (SSSR count). The normalized spacial score (nSPS) is 27.0. The molecule has 1 N–H and O–H groups in total. The summed E-state index contributed by atoms with van der Waals surface area (Å²) in [5.41, 5.74) is 0.181. The van der Waals surface area contributed by atoms with Crippen LogP contribution in [-0.2, 0) is 9.47 Å². The van der Waals surface area contributed by atoms with Crippen molar-refractivity contribution in [3.8, 4) is 0 Å². The molecule has 1 aliphatic carbocycles. The molecule has 0 bridgehead atoms. The van der Waals surface area contributed by atoms with Crippen molar-refractivity contribution < 1.29 is 9.47 Å². The highest BCUT2D eigenvalue weighted by molar-refractivity contribution is 5.02. The largest absolute Gasteiger partial charge is 0.375 e. The lowest BCUT2D eigenvalue weighted by atomic mass is 9.64. The fraction of sp³-hybridized carbons (Fsp3) is 1.00. The molecule has 2 atom stereocenters. The van der Waals surface area contributed by atoms with Gasteiger partial charge >= 0.3 is 0 Å². The molecule has 108 valence electrons. The molecule has 0 spiro atoms. The maximum absolute atomic E-state index is 5.93. The van der Waals surface area contributed by atoms with Crippen molar-refractivity contribution in [1.29, 1.82) is 0 Å². The number of ether oxygens (including phenoxy) is 2. The average molecular weight is 257 g/mol. The summed E-state index contributed by atoms with van der Waals surface area (Å²) in [6.07, 6.45) is 2.69. The van der Waals surface area contributed by atoms with Gasteiger partial charge in [0.2, 0.25) is 0 Å². The van der Waals surface area contributed by atoms with Crippen molar-refractivity contribution >= 4 is 0 Å². The summed E-state index contributed by atoms with van der Waals surface area (Å²) in [6.45, 7) is 15.5. The van der Waals surface area contributed by atoms with E-state index in [0.717, 1.165) is 13.0 Å². The fourth-order valence-electron chi connectivity index (χ4n) is 2.37. The van der Waals surface area contributed by atoms with Crippen LogP contribution in [0.1, 0.15) is 54.4 Å². The molecule has 0 saturated heterocycles. The Hall–Kier alpha value is -0.120. The summed E-state index contributed by atoms with van der Waals surface area (Å²) in [4.78, 5) is 0. The van der Waals surface area contributed by atoms with E-state index in [1.165, 1.54) is 6.42 Å². The molecule has 18 heavy (non-hydrogen) atoms. The Morgan fingerprint density at radius 2 is 1.89 bits per heavy atom. The van der Waals surface area contributed by atoms with Crippen LogP contribution < -0.4 is 5.32 Å². The molecule has 0 aromatic carbocycles. The molecular formula is C15H31NO2. The minimum atomic E-state index is -0.0658. The quantitative estimate of drug-likeness (QED) is 0.711. The lowest BCUT2D eigenvalue weighted by Gasteiger charge is -2.52. The lowest BCUT2D eigenvalue weighted by Crippen LogP contribution is -2.61. The van der Waals surface area contributed by atoms with Crippen molar-refractivity contribution in [2.45, 2.75) is 72.1 Å². The van der Waals surface area contributed by atoms with Crippen molar-refractivity contribution in [2.24, 2.45) is 5.41 Å². The Bertz CT molecular complexity index is 245. The van der Waals surface area contributed by atoms with Crippen molar-refractivity contribution in [1.82, 2.24) is 5.32 Å². The molecule has 0 heterocycles. The molecule has 1 fully saturated rings. The first-order chi connectivity index (χ1) is 8.27. The van der Waals surface area contributed by atoms with Gasteiger partial charge in [-0.25, -0.2) is 0 Å². The SMILES string of the molecule is CCCNC1CC(OCCOC(C)(C)C)C1(C)C. The van der Waals surface area contributed by atoms with E-state index in [1.807, 2.05) is 0 Å². The van der Waals surface area contributed by atoms with Gasteiger partial charge in [-0.05, 0) is 40.2 Å². The van der Waals surface area contributed by atoms with Gasteiger partial charge in [-0.2, -0.15) is 0 Å². The molecule has 0 radical (unpaired) electrons. The molecular weight excluding hydrogens is 226 g/mol. The summed E-state index contributed by atoms with van der Waals surface area (Å²) in [5, 5.41) is 3.59. The fourth-order valence-corrected chi connectivity index (χ4v) is 2.37. The van der Waals surface area contributed by atoms with E-state index in [0.29, 0.717) is 25.4 Å². The predicted octanol–water partition coefficient (Wildman–Crippen LogP) is 2.98. The lowest BCUT2D eigenvalue weighted by molar-refractivity contribution is -0.136. The Morgan fingerprint density at radius 1 is 1.22 bits per heavy atom. The van der Waals surface area contributed by atoms with Crippen LogP contribution in [0.25, 0.3) is 0 Å². The third kappa shape index (κ3) is 4.52. The summed E-state index contributed by atoms with van der Waals surface area (Å²) in [7, 11) is 0. The second-order valence-corrected chi connectivity index (χ2v) is 6.88. The number of hydrogen-bond donors (Lipinski definition) is 1. The van der Waals surface area contributed by atoms with Gasteiger partial charge in [-0.3, -0.25) is 0 Å². The number of hydrogen-bond acceptors (Lipinski definition) is 3. The first kappa shape index (κ1) is 15.9. The molecule has 2 unspecified atom stereocenters. The third-order valence-corrected chi connectivity index (χ3v) is 3.76. The van der Waals surface area contributed by atoms with Gasteiger partial charge in [0, 0.05) is 11.5 Å². The van der Waals surface area contributed by atoms with Crippen LogP contribution in [0.15, 0.2) is 0 Å². The van der Waals surface area contributed by atoms with Crippen LogP contribution in [0.5, 0.6) is 0 Å². The van der Waals surface area contributed by atoms with Crippen LogP contribution >= 0.6 is 0 Å². The smallest absolute Gasteiger partial charge is 0.0707 e. The zero-order valence-corrected chi connectivity index (χ0v) is 13.0. The maximum atomic E-state index is 5.93. The van der Waals surface area contributed by atoms with Gasteiger partial charge in [0.05, 0.1) is 24.9 Å². The number of rotatable bonds is 7. The summed E-state index contributed by atoms with van der Waals surface area (Å²) in [6, 6.07) is 0.603. The predicted molar refractivity (Wildman–Crippen MR) is 75.9 cm³/mol. The van der Waals surface area contributed by atoms with Crippen molar-refractivity contribution in [3.05, 3.63) is 0 Å². The Morgan fingerprint density at radius 3 is 2.39 bits per heavy atom. The van der Waals surface area contributed by atoms with Crippen molar-refractivity contribution in [3.63, 3.8) is 0 Å². The third-order valence-electron chi connectivity index (χ3n) is 3.76. The van der Waals surface area contributed by atoms with Gasteiger partial charge in [0.25, 0.3) is 0 Å². The standard InChI is InChI=1S/C15H31NO2/c1-7-8-16-12-11-13(15(12,5)6)17-9-10-18-14(2,3)4/h12-13,16H,7-11H2,1-6H3. The molecule has 1 saturated carbocycles. The minimum Gasteiger partial charge on any atom is -0.375 e. The average Bonchev–Trinajstić information content (AvgIpc) is 2.24. The molecule has 1 aliphatic rings. The highest BCUT2D eigenvalue weighted by Crippen LogP contribution is 2.42. The van der Waals surface area contributed by atoms with E-state index in [1.54, 1.807) is 0 Å². The van der Waals surface area contributed by atoms with E-state index < -0.39 is 0 Å². The van der Waals surface area contributed by atoms with Crippen LogP contribution in [0.2, 0.25) is 0 Å². The number of nitrogens with one attached hydrogen (secondary N) is 1. The summed E-state index contributed by atoms with van der Waals surface area (Å²) in [5.74, 6) is 0. The highest BCUT2D eigenvalue weighted by atomic mass is 16.5. The highest BCUT2D eigenvalue weighted by Gasteiger charge is 2.48. The van der Waals surface area contributed by atoms with E-state index in [-0.39, 0.29) is 11.0 Å². The van der Waals surface area contributed by atoms with Crippen LogP contribution in [0, 0.1) is 5.41 Å². The molecule has 0 aliphatic heterocycles. The van der Waals surface area contributed by atoms with E-state index in [9.17, 15) is 0 Å². The van der Waals surface area contributed by atoms with Crippen LogP contribution in [-0.4, -0.2) is 37.5 Å². The Kier molecular flexibility index (Phi) is 5.63. The van der Waals surface area contributed by atoms with E-state index in [2.05, 4.69) is 46.9 Å². The first-order valence-corrected chi connectivity index (χ1v) is 7.26. The van der Waals surface area contributed by atoms with Gasteiger partial charge in [-0.15, -0.1) is 0 Å². The van der Waals surface area contributed by atoms with Crippen LogP contribution in [0.4, 0.5) is 0 Å². The first-order valence-electron chi connectivity index (χ1n) is 7.26. The minimum absolute atomic E-state index is 0.0658. The van der Waals surface area contributed by atoms with E-state index >= 15 is 0 Å². The monoisotopic (exact) mass is 257 g/mol. The zero-order valence-electron chi connectivity index (χ0n) is 13.0. The molecule has 3 nitrogen and oxygen atoms in total. The maximum Gasteiger partial charge on any atom is 0.0707 e. The second-order valence-electron chi connectivity index (χ2n) is 6.88. The van der Waals surface area contributed by atoms with Gasteiger partial charge in [0.1, 0.15) is 0 Å². The molecule has 0 amide bonds. The summed E-state index contributed by atoms with van der Waals surface area (Å²) < 4.78 is 11.6. The second kappa shape index (κ2) is 6.36. The van der Waals surface area contributed by atoms with Gasteiger partial charge < -0.3 is 14.8 Å². The van der Waals surface area contributed by atoms with Crippen LogP contribution in [0.3, 0.4) is 0 Å². The van der Waals surface area contributed by atoms with E-state index in [4.69, 9.17) is 9.47 Å².